The van der Waals surface area contributed by atoms with E-state index in [1.165, 1.54) is 11.0 Å². The third-order valence-electron chi connectivity index (χ3n) is 3.05. The van der Waals surface area contributed by atoms with Crippen LogP contribution < -0.4 is 4.90 Å². The van der Waals surface area contributed by atoms with Gasteiger partial charge in [-0.2, -0.15) is 13.2 Å². The number of halogens is 6. The van der Waals surface area contributed by atoms with Crippen molar-refractivity contribution in [2.45, 2.75) is 19.0 Å². The molecule has 2 nitrogen and oxygen atoms in total. The molecule has 0 N–H and O–H groups in total. The molecule has 1 unspecified atom stereocenters. The van der Waals surface area contributed by atoms with E-state index in [-0.39, 0.29) is 34.0 Å². The van der Waals surface area contributed by atoms with Crippen LogP contribution in [-0.2, 0) is 0 Å². The number of pyridine rings is 1. The Kier molecular flexibility index (Phi) is 4.38. The third kappa shape index (κ3) is 3.38. The molecule has 0 bridgehead atoms. The van der Waals surface area contributed by atoms with Crippen molar-refractivity contribution in [3.05, 3.63) is 21.3 Å². The molecule has 1 atom stereocenters. The molecule has 1 fully saturated rings. The van der Waals surface area contributed by atoms with Crippen molar-refractivity contribution in [3.8, 4) is 0 Å². The monoisotopic (exact) mass is 332 g/mol. The summed E-state index contributed by atoms with van der Waals surface area (Å²) in [6.07, 6.45) is -3.65. The van der Waals surface area contributed by atoms with Crippen molar-refractivity contribution in [1.29, 1.82) is 0 Å². The number of hydrogen-bond donors (Lipinski definition) is 0. The molecule has 0 amide bonds. The molecule has 0 aromatic carbocycles. The lowest BCUT2D eigenvalue weighted by Gasteiger charge is -2.34. The van der Waals surface area contributed by atoms with Gasteiger partial charge in [-0.05, 0) is 18.9 Å². The van der Waals surface area contributed by atoms with Gasteiger partial charge in [-0.15, -0.1) is 0 Å². The first kappa shape index (κ1) is 15.0. The predicted octanol–water partition coefficient (Wildman–Crippen LogP) is 4.82. The molecule has 1 aliphatic heterocycles. The van der Waals surface area contributed by atoms with E-state index in [1.807, 2.05) is 0 Å². The standard InChI is InChI=1S/C11H10Cl3F3N2/c12-7-4-8(13)10(18-9(7)14)19-3-1-2-6(5-19)11(15,16)17/h4,6H,1-3,5H2. The Morgan fingerprint density at radius 3 is 2.53 bits per heavy atom. The average molecular weight is 334 g/mol. The van der Waals surface area contributed by atoms with Crippen LogP contribution in [0.1, 0.15) is 12.8 Å². The fourth-order valence-electron chi connectivity index (χ4n) is 2.09. The fourth-order valence-corrected chi connectivity index (χ4v) is 2.71. The second kappa shape index (κ2) is 5.54. The Balaban J connectivity index is 2.25. The van der Waals surface area contributed by atoms with Crippen molar-refractivity contribution in [1.82, 2.24) is 4.98 Å². The van der Waals surface area contributed by atoms with Gasteiger partial charge in [0.15, 0.2) is 0 Å². The average Bonchev–Trinajstić information content (AvgIpc) is 2.33. The maximum absolute atomic E-state index is 12.7. The number of piperidine rings is 1. The van der Waals surface area contributed by atoms with Gasteiger partial charge in [0.05, 0.1) is 16.0 Å². The van der Waals surface area contributed by atoms with Crippen LogP contribution in [0.5, 0.6) is 0 Å². The van der Waals surface area contributed by atoms with Crippen molar-refractivity contribution in [2.75, 3.05) is 18.0 Å². The summed E-state index contributed by atoms with van der Waals surface area (Å²) in [5, 5.41) is 0.423. The first-order chi connectivity index (χ1) is 8.79. The topological polar surface area (TPSA) is 16.1 Å². The smallest absolute Gasteiger partial charge is 0.355 e. The number of aromatic nitrogens is 1. The molecule has 0 aliphatic carbocycles. The minimum Gasteiger partial charge on any atom is -0.355 e. The maximum atomic E-state index is 12.7. The van der Waals surface area contributed by atoms with Gasteiger partial charge in [0, 0.05) is 13.1 Å². The van der Waals surface area contributed by atoms with Crippen LogP contribution in [0, 0.1) is 5.92 Å². The highest BCUT2D eigenvalue weighted by Gasteiger charge is 2.42. The number of hydrogen-bond acceptors (Lipinski definition) is 2. The molecule has 0 spiro atoms. The van der Waals surface area contributed by atoms with E-state index in [0.717, 1.165) is 0 Å². The number of anilines is 1. The van der Waals surface area contributed by atoms with Crippen LogP contribution in [0.25, 0.3) is 0 Å². The van der Waals surface area contributed by atoms with Crippen LogP contribution in [0.4, 0.5) is 19.0 Å². The summed E-state index contributed by atoms with van der Waals surface area (Å²) in [5.74, 6) is -1.11. The van der Waals surface area contributed by atoms with E-state index in [4.69, 9.17) is 34.8 Å². The Hall–Kier alpha value is -0.390. The van der Waals surface area contributed by atoms with Crippen molar-refractivity contribution in [2.24, 2.45) is 5.92 Å². The van der Waals surface area contributed by atoms with Gasteiger partial charge in [0.1, 0.15) is 11.0 Å². The molecule has 1 aliphatic rings. The van der Waals surface area contributed by atoms with Crippen LogP contribution in [0.15, 0.2) is 6.07 Å². The zero-order chi connectivity index (χ0) is 14.2. The van der Waals surface area contributed by atoms with Gasteiger partial charge in [-0.25, -0.2) is 4.98 Å². The number of rotatable bonds is 1. The molecular formula is C11H10Cl3F3N2. The minimum absolute atomic E-state index is 0.0372. The molecule has 1 aromatic rings. The van der Waals surface area contributed by atoms with Crippen LogP contribution in [0.3, 0.4) is 0 Å². The summed E-state index contributed by atoms with van der Waals surface area (Å²) in [7, 11) is 0. The predicted molar refractivity (Wildman–Crippen MR) is 70.3 cm³/mol. The van der Waals surface area contributed by atoms with E-state index in [0.29, 0.717) is 13.0 Å². The summed E-state index contributed by atoms with van der Waals surface area (Å²) in [4.78, 5) is 5.48. The fraction of sp³-hybridized carbons (Fsp3) is 0.545. The molecule has 0 radical (unpaired) electrons. The van der Waals surface area contributed by atoms with Gasteiger partial charge in [-0.1, -0.05) is 34.8 Å². The molecule has 2 heterocycles. The first-order valence-corrected chi connectivity index (χ1v) is 6.75. The van der Waals surface area contributed by atoms with Crippen molar-refractivity contribution in [3.63, 3.8) is 0 Å². The molecule has 106 valence electrons. The Labute approximate surface area is 123 Å². The number of alkyl halides is 3. The molecule has 19 heavy (non-hydrogen) atoms. The largest absolute Gasteiger partial charge is 0.393 e. The highest BCUT2D eigenvalue weighted by molar-refractivity contribution is 6.42. The summed E-state index contributed by atoms with van der Waals surface area (Å²) in [5.41, 5.74) is 0. The lowest BCUT2D eigenvalue weighted by molar-refractivity contribution is -0.176. The second-order valence-corrected chi connectivity index (χ2v) is 5.57. The normalized spacial score (nSPS) is 20.7. The maximum Gasteiger partial charge on any atom is 0.393 e. The Bertz CT molecular complexity index is 479. The summed E-state index contributed by atoms with van der Waals surface area (Å²) in [6.45, 7) is 0.311. The Morgan fingerprint density at radius 1 is 1.21 bits per heavy atom. The SMILES string of the molecule is FC(F)(F)C1CCCN(c2nc(Cl)c(Cl)cc2Cl)C1. The highest BCUT2D eigenvalue weighted by Crippen LogP contribution is 2.37. The van der Waals surface area contributed by atoms with E-state index in [9.17, 15) is 13.2 Å². The van der Waals surface area contributed by atoms with Crippen LogP contribution in [0.2, 0.25) is 15.2 Å². The molecule has 0 saturated carbocycles. The quantitative estimate of drug-likeness (QED) is 0.685. The van der Waals surface area contributed by atoms with Gasteiger partial charge in [0.25, 0.3) is 0 Å². The summed E-state index contributed by atoms with van der Waals surface area (Å²) >= 11 is 17.5. The van der Waals surface area contributed by atoms with Gasteiger partial charge in [-0.3, -0.25) is 0 Å². The summed E-state index contributed by atoms with van der Waals surface area (Å²) in [6, 6.07) is 1.39. The van der Waals surface area contributed by atoms with Crippen molar-refractivity contribution >= 4 is 40.6 Å². The molecular weight excluding hydrogens is 323 g/mol. The van der Waals surface area contributed by atoms with Crippen molar-refractivity contribution < 1.29 is 13.2 Å². The minimum atomic E-state index is -4.21. The summed E-state index contributed by atoms with van der Waals surface area (Å²) < 4.78 is 38.2. The number of nitrogens with zero attached hydrogens (tertiary/aromatic N) is 2. The van der Waals surface area contributed by atoms with Crippen LogP contribution in [-0.4, -0.2) is 24.2 Å². The van der Waals surface area contributed by atoms with E-state index >= 15 is 0 Å². The second-order valence-electron chi connectivity index (χ2n) is 4.39. The van der Waals surface area contributed by atoms with Gasteiger partial charge < -0.3 is 4.90 Å². The first-order valence-electron chi connectivity index (χ1n) is 5.62. The van der Waals surface area contributed by atoms with E-state index in [2.05, 4.69) is 4.98 Å². The van der Waals surface area contributed by atoms with E-state index in [1.54, 1.807) is 0 Å². The van der Waals surface area contributed by atoms with Crippen LogP contribution >= 0.6 is 34.8 Å². The highest BCUT2D eigenvalue weighted by atomic mass is 35.5. The van der Waals surface area contributed by atoms with Gasteiger partial charge in [0.2, 0.25) is 0 Å². The zero-order valence-corrected chi connectivity index (χ0v) is 11.9. The Morgan fingerprint density at radius 2 is 1.89 bits per heavy atom. The lowest BCUT2D eigenvalue weighted by Crippen LogP contribution is -2.42. The molecule has 2 rings (SSSR count). The third-order valence-corrected chi connectivity index (χ3v) is 4.00. The zero-order valence-electron chi connectivity index (χ0n) is 9.65. The molecule has 1 saturated heterocycles. The molecule has 8 heteroatoms. The lowest BCUT2D eigenvalue weighted by atomic mass is 9.97. The van der Waals surface area contributed by atoms with Gasteiger partial charge >= 0.3 is 6.18 Å². The van der Waals surface area contributed by atoms with E-state index < -0.39 is 12.1 Å². The molecule has 1 aromatic heterocycles.